The van der Waals surface area contributed by atoms with E-state index in [4.69, 9.17) is 4.74 Å². The van der Waals surface area contributed by atoms with Gasteiger partial charge < -0.3 is 9.26 Å². The third kappa shape index (κ3) is 3.83. The van der Waals surface area contributed by atoms with Crippen LogP contribution in [0.4, 0.5) is 5.69 Å². The molecule has 10 nitrogen and oxygen atoms in total. The van der Waals surface area contributed by atoms with Gasteiger partial charge in [-0.25, -0.2) is 13.1 Å². The predicted molar refractivity (Wildman–Crippen MR) is 97.7 cm³/mol. The maximum absolute atomic E-state index is 12.1. The van der Waals surface area contributed by atoms with Crippen molar-refractivity contribution in [1.29, 1.82) is 0 Å². The molecule has 0 atom stereocenters. The van der Waals surface area contributed by atoms with E-state index in [1.807, 2.05) is 13.0 Å². The van der Waals surface area contributed by atoms with Gasteiger partial charge in [-0.3, -0.25) is 4.72 Å². The second kappa shape index (κ2) is 7.12. The molecule has 0 radical (unpaired) electrons. The molecule has 4 rings (SSSR count). The highest BCUT2D eigenvalue weighted by molar-refractivity contribution is 7.92. The van der Waals surface area contributed by atoms with E-state index < -0.39 is 10.0 Å². The number of benzene rings is 1. The molecule has 1 N–H and O–H groups in total. The van der Waals surface area contributed by atoms with Crippen LogP contribution in [-0.4, -0.2) is 33.6 Å². The minimum atomic E-state index is -3.75. The lowest BCUT2D eigenvalue weighted by molar-refractivity contribution is 0.417. The van der Waals surface area contributed by atoms with Gasteiger partial charge in [-0.05, 0) is 43.3 Å². The fraction of sp³-hybridized carbons (Fsp3) is 0.0588. The summed E-state index contributed by atoms with van der Waals surface area (Å²) in [4.78, 5) is -0.0597. The topological polar surface area (TPSA) is 125 Å². The maximum atomic E-state index is 12.1. The Bertz CT molecular complexity index is 1170. The van der Waals surface area contributed by atoms with Gasteiger partial charge in [0, 0.05) is 18.0 Å². The summed E-state index contributed by atoms with van der Waals surface area (Å²) in [6.07, 6.45) is 3.96. The quantitative estimate of drug-likeness (QED) is 0.525. The molecule has 0 aliphatic rings. The van der Waals surface area contributed by atoms with E-state index >= 15 is 0 Å². The van der Waals surface area contributed by atoms with E-state index in [0.29, 0.717) is 23.1 Å². The normalized spacial score (nSPS) is 11.3. The minimum absolute atomic E-state index is 0.0597. The van der Waals surface area contributed by atoms with Crippen LogP contribution in [0, 0.1) is 6.92 Å². The number of anilines is 1. The number of nitrogens with zero attached hydrogens (tertiary/aromatic N) is 5. The number of sulfonamides is 1. The summed E-state index contributed by atoms with van der Waals surface area (Å²) in [5, 5.41) is 15.7. The van der Waals surface area contributed by atoms with Gasteiger partial charge in [0.1, 0.15) is 16.9 Å². The van der Waals surface area contributed by atoms with Crippen LogP contribution in [0.3, 0.4) is 0 Å². The van der Waals surface area contributed by atoms with Crippen molar-refractivity contribution >= 4 is 15.7 Å². The van der Waals surface area contributed by atoms with Crippen LogP contribution in [0.5, 0.6) is 11.6 Å². The van der Waals surface area contributed by atoms with Crippen LogP contribution in [0.1, 0.15) is 5.69 Å². The average Bonchev–Trinajstić information content (AvgIpc) is 3.36. The van der Waals surface area contributed by atoms with Gasteiger partial charge in [0.25, 0.3) is 10.0 Å². The molecule has 28 heavy (non-hydrogen) atoms. The van der Waals surface area contributed by atoms with Crippen molar-refractivity contribution in [2.24, 2.45) is 0 Å². The Morgan fingerprint density at radius 3 is 2.50 bits per heavy atom. The molecule has 142 valence electrons. The summed E-state index contributed by atoms with van der Waals surface area (Å²) in [6.45, 7) is 1.89. The summed E-state index contributed by atoms with van der Waals surface area (Å²) in [6, 6.07) is 11.6. The molecule has 0 saturated heterocycles. The zero-order chi connectivity index (χ0) is 19.6. The molecule has 0 amide bonds. The number of rotatable bonds is 6. The fourth-order valence-corrected chi connectivity index (χ4v) is 3.20. The molecule has 0 unspecified atom stereocenters. The fourth-order valence-electron chi connectivity index (χ4n) is 2.29. The van der Waals surface area contributed by atoms with Crippen molar-refractivity contribution in [1.82, 2.24) is 25.1 Å². The monoisotopic (exact) mass is 398 g/mol. The molecule has 0 bridgehead atoms. The maximum Gasteiger partial charge on any atom is 0.266 e. The number of hydrogen-bond donors (Lipinski definition) is 1. The van der Waals surface area contributed by atoms with Crippen molar-refractivity contribution < 1.29 is 17.7 Å². The van der Waals surface area contributed by atoms with Crippen molar-refractivity contribution in [3.63, 3.8) is 0 Å². The Labute approximate surface area is 159 Å². The SMILES string of the molecule is Cc1ccn(-c2ccc(Oc3ccc(NS(=O)(=O)c4cnoc4)cc3)nn2)n1. The molecule has 3 aromatic heterocycles. The van der Waals surface area contributed by atoms with Crippen LogP contribution in [0.2, 0.25) is 0 Å². The van der Waals surface area contributed by atoms with Crippen LogP contribution >= 0.6 is 0 Å². The van der Waals surface area contributed by atoms with Crippen molar-refractivity contribution in [2.75, 3.05) is 4.72 Å². The van der Waals surface area contributed by atoms with E-state index in [1.165, 1.54) is 0 Å². The Hall–Kier alpha value is -3.73. The van der Waals surface area contributed by atoms with E-state index in [-0.39, 0.29) is 4.90 Å². The van der Waals surface area contributed by atoms with Crippen LogP contribution in [0.15, 0.2) is 70.5 Å². The molecule has 0 fully saturated rings. The van der Waals surface area contributed by atoms with Gasteiger partial charge in [0.15, 0.2) is 5.82 Å². The Morgan fingerprint density at radius 2 is 1.89 bits per heavy atom. The summed E-state index contributed by atoms with van der Waals surface area (Å²) in [7, 11) is -3.75. The molecule has 11 heteroatoms. The molecule has 0 aliphatic heterocycles. The Balaban J connectivity index is 1.43. The first kappa shape index (κ1) is 17.7. The van der Waals surface area contributed by atoms with Crippen molar-refractivity contribution in [2.45, 2.75) is 11.8 Å². The molecule has 4 aromatic rings. The van der Waals surface area contributed by atoms with Gasteiger partial charge in [0.2, 0.25) is 5.88 Å². The van der Waals surface area contributed by atoms with E-state index in [1.54, 1.807) is 47.3 Å². The lowest BCUT2D eigenvalue weighted by atomic mass is 10.3. The second-order valence-electron chi connectivity index (χ2n) is 5.72. The smallest absolute Gasteiger partial charge is 0.266 e. The highest BCUT2D eigenvalue weighted by Crippen LogP contribution is 2.23. The highest BCUT2D eigenvalue weighted by atomic mass is 32.2. The van der Waals surface area contributed by atoms with E-state index in [2.05, 4.69) is 29.7 Å². The standard InChI is InChI=1S/C17H14N6O4S/c1-12-8-9-23(21-12)16-6-7-17(20-19-16)27-14-4-2-13(3-5-14)22-28(24,25)15-10-18-26-11-15/h2-11,22H,1H3. The van der Waals surface area contributed by atoms with Gasteiger partial charge in [-0.1, -0.05) is 5.16 Å². The lowest BCUT2D eigenvalue weighted by Crippen LogP contribution is -2.11. The lowest BCUT2D eigenvalue weighted by Gasteiger charge is -2.08. The molecular formula is C17H14N6O4S. The molecule has 3 heterocycles. The second-order valence-corrected chi connectivity index (χ2v) is 7.41. The summed E-state index contributed by atoms with van der Waals surface area (Å²) in [5.74, 6) is 1.34. The van der Waals surface area contributed by atoms with Crippen molar-refractivity contribution in [3.05, 3.63) is 66.8 Å². The van der Waals surface area contributed by atoms with E-state index in [9.17, 15) is 8.42 Å². The Morgan fingerprint density at radius 1 is 1.07 bits per heavy atom. The first-order valence-electron chi connectivity index (χ1n) is 8.06. The molecule has 0 saturated carbocycles. The minimum Gasteiger partial charge on any atom is -0.438 e. The molecular weight excluding hydrogens is 384 g/mol. The van der Waals surface area contributed by atoms with E-state index in [0.717, 1.165) is 18.2 Å². The van der Waals surface area contributed by atoms with Crippen LogP contribution in [-0.2, 0) is 10.0 Å². The van der Waals surface area contributed by atoms with Crippen molar-refractivity contribution in [3.8, 4) is 17.4 Å². The summed E-state index contributed by atoms with van der Waals surface area (Å²) in [5.41, 5.74) is 1.24. The van der Waals surface area contributed by atoms with Crippen LogP contribution in [0.25, 0.3) is 5.82 Å². The first-order chi connectivity index (χ1) is 13.5. The zero-order valence-corrected chi connectivity index (χ0v) is 15.4. The number of hydrogen-bond acceptors (Lipinski definition) is 8. The van der Waals surface area contributed by atoms with Gasteiger partial charge in [-0.15, -0.1) is 10.2 Å². The average molecular weight is 398 g/mol. The number of aryl methyl sites for hydroxylation is 1. The number of ether oxygens (including phenoxy) is 1. The van der Waals surface area contributed by atoms with Crippen LogP contribution < -0.4 is 9.46 Å². The summed E-state index contributed by atoms with van der Waals surface area (Å²) < 4.78 is 38.5. The zero-order valence-electron chi connectivity index (χ0n) is 14.6. The Kier molecular flexibility index (Phi) is 4.49. The first-order valence-corrected chi connectivity index (χ1v) is 9.54. The molecule has 1 aromatic carbocycles. The molecule has 0 spiro atoms. The van der Waals surface area contributed by atoms with Gasteiger partial charge >= 0.3 is 0 Å². The van der Waals surface area contributed by atoms with Gasteiger partial charge in [0.05, 0.1) is 11.9 Å². The third-order valence-corrected chi connectivity index (χ3v) is 4.96. The molecule has 0 aliphatic carbocycles. The van der Waals surface area contributed by atoms with Gasteiger partial charge in [-0.2, -0.15) is 5.10 Å². The highest BCUT2D eigenvalue weighted by Gasteiger charge is 2.16. The predicted octanol–water partition coefficient (Wildman–Crippen LogP) is 2.55. The third-order valence-electron chi connectivity index (χ3n) is 3.63. The number of aromatic nitrogens is 5. The summed E-state index contributed by atoms with van der Waals surface area (Å²) >= 11 is 0. The largest absolute Gasteiger partial charge is 0.438 e. The number of nitrogens with one attached hydrogen (secondary N) is 1.